The number of para-hydroxylation sites is 2. The van der Waals surface area contributed by atoms with E-state index in [1.54, 1.807) is 0 Å². The van der Waals surface area contributed by atoms with E-state index in [-0.39, 0.29) is 0 Å². The molecule has 0 saturated carbocycles. The number of pyridine rings is 1. The van der Waals surface area contributed by atoms with E-state index in [0.717, 1.165) is 19.5 Å². The highest BCUT2D eigenvalue weighted by Gasteiger charge is 2.17. The number of hydrogen-bond acceptors (Lipinski definition) is 1. The third kappa shape index (κ3) is 2.92. The monoisotopic (exact) mass is 341 g/mol. The zero-order chi connectivity index (χ0) is 17.9. The largest absolute Gasteiger partial charge is 0.342 e. The van der Waals surface area contributed by atoms with Crippen LogP contribution < -0.4 is 9.47 Å². The Morgan fingerprint density at radius 1 is 0.885 bits per heavy atom. The maximum atomic E-state index is 2.42. The third-order valence-corrected chi connectivity index (χ3v) is 5.16. The van der Waals surface area contributed by atoms with Crippen molar-refractivity contribution in [2.45, 2.75) is 26.8 Å². The summed E-state index contributed by atoms with van der Waals surface area (Å²) in [6.07, 6.45) is 7.74. The van der Waals surface area contributed by atoms with Crippen LogP contribution >= 0.6 is 0 Å². The van der Waals surface area contributed by atoms with Crippen LogP contribution in [0.1, 0.15) is 25.1 Å². The maximum Gasteiger partial charge on any atom is 0.212 e. The fourth-order valence-corrected chi connectivity index (χ4v) is 3.88. The van der Waals surface area contributed by atoms with Gasteiger partial charge in [0.2, 0.25) is 5.52 Å². The lowest BCUT2D eigenvalue weighted by molar-refractivity contribution is -0.674. The van der Waals surface area contributed by atoms with E-state index >= 15 is 0 Å². The summed E-state index contributed by atoms with van der Waals surface area (Å²) in [4.78, 5) is 2.40. The van der Waals surface area contributed by atoms with Crippen LogP contribution in [0, 0.1) is 0 Å². The maximum absolute atomic E-state index is 2.42. The van der Waals surface area contributed by atoms with Crippen LogP contribution in [0.2, 0.25) is 0 Å². The van der Waals surface area contributed by atoms with E-state index in [1.807, 2.05) is 0 Å². The first-order chi connectivity index (χ1) is 12.8. The van der Waals surface area contributed by atoms with E-state index in [9.17, 15) is 0 Å². The molecule has 0 saturated heterocycles. The second-order valence-electron chi connectivity index (χ2n) is 6.60. The lowest BCUT2D eigenvalue weighted by atomic mass is 10.0. The van der Waals surface area contributed by atoms with Gasteiger partial charge in [0.05, 0.1) is 6.42 Å². The molecular weight excluding hydrogens is 316 g/mol. The van der Waals surface area contributed by atoms with Crippen LogP contribution in [-0.4, -0.2) is 6.54 Å². The van der Waals surface area contributed by atoms with Crippen LogP contribution in [-0.2, 0) is 13.0 Å². The summed E-state index contributed by atoms with van der Waals surface area (Å²) in [5.41, 5.74) is 6.53. The van der Waals surface area contributed by atoms with Crippen molar-refractivity contribution in [3.05, 3.63) is 89.8 Å². The van der Waals surface area contributed by atoms with Gasteiger partial charge in [-0.25, -0.2) is 0 Å². The van der Waals surface area contributed by atoms with Crippen LogP contribution in [0.4, 0.5) is 5.69 Å². The summed E-state index contributed by atoms with van der Waals surface area (Å²) >= 11 is 0. The number of hydrogen-bond donors (Lipinski definition) is 0. The number of likely N-dealkylation sites (N-methyl/N-ethyl adjacent to an activating group) is 1. The molecule has 2 heterocycles. The Labute approximate surface area is 155 Å². The molecule has 0 aliphatic carbocycles. The van der Waals surface area contributed by atoms with Gasteiger partial charge in [0.15, 0.2) is 5.69 Å². The number of rotatable bonds is 4. The average molecular weight is 341 g/mol. The summed E-state index contributed by atoms with van der Waals surface area (Å²) in [7, 11) is 0. The van der Waals surface area contributed by atoms with Gasteiger partial charge < -0.3 is 4.90 Å². The summed E-state index contributed by atoms with van der Waals surface area (Å²) in [5, 5.41) is 1.30. The molecule has 0 atom stereocenters. The van der Waals surface area contributed by atoms with Crippen molar-refractivity contribution < 1.29 is 4.57 Å². The standard InChI is InChI=1S/C24H25N2/c1-3-25-21(15-13-19-9-5-7-11-23(19)25)17-18-22-16-14-20-10-6-8-12-24(20)26(22)4-2/h5-17H,3-4,18H2,1-2H3/q+1/b21-17-. The number of aryl methyl sites for hydroxylation is 1. The van der Waals surface area contributed by atoms with Gasteiger partial charge in [-0.15, -0.1) is 0 Å². The third-order valence-electron chi connectivity index (χ3n) is 5.16. The Bertz CT molecular complexity index is 998. The van der Waals surface area contributed by atoms with Gasteiger partial charge in [-0.2, -0.15) is 4.57 Å². The minimum atomic E-state index is 0.928. The zero-order valence-corrected chi connectivity index (χ0v) is 15.5. The van der Waals surface area contributed by atoms with Gasteiger partial charge in [-0.3, -0.25) is 0 Å². The molecule has 1 aromatic heterocycles. The van der Waals surface area contributed by atoms with E-state index in [2.05, 4.69) is 102 Å². The molecule has 4 rings (SSSR count). The number of allylic oxidation sites excluding steroid dienone is 2. The van der Waals surface area contributed by atoms with Crippen LogP contribution in [0.25, 0.3) is 17.0 Å². The molecule has 26 heavy (non-hydrogen) atoms. The normalized spacial score (nSPS) is 14.8. The van der Waals surface area contributed by atoms with Crippen LogP contribution in [0.5, 0.6) is 0 Å². The highest BCUT2D eigenvalue weighted by Crippen LogP contribution is 2.30. The molecule has 130 valence electrons. The van der Waals surface area contributed by atoms with E-state index < -0.39 is 0 Å². The molecule has 1 aliphatic heterocycles. The van der Waals surface area contributed by atoms with Gasteiger partial charge in [-0.05, 0) is 43.7 Å². The predicted octanol–water partition coefficient (Wildman–Crippen LogP) is 5.13. The highest BCUT2D eigenvalue weighted by molar-refractivity contribution is 5.77. The van der Waals surface area contributed by atoms with Gasteiger partial charge in [0, 0.05) is 35.4 Å². The molecule has 0 unspecified atom stereocenters. The van der Waals surface area contributed by atoms with Gasteiger partial charge in [-0.1, -0.05) is 42.5 Å². The number of aromatic nitrogens is 1. The van der Waals surface area contributed by atoms with Crippen molar-refractivity contribution in [1.82, 2.24) is 0 Å². The van der Waals surface area contributed by atoms with Crippen molar-refractivity contribution in [2.24, 2.45) is 0 Å². The van der Waals surface area contributed by atoms with Gasteiger partial charge >= 0.3 is 0 Å². The predicted molar refractivity (Wildman–Crippen MR) is 110 cm³/mol. The summed E-state index contributed by atoms with van der Waals surface area (Å²) in [6.45, 7) is 6.39. The van der Waals surface area contributed by atoms with E-state index in [1.165, 1.54) is 33.5 Å². The Kier molecular flexibility index (Phi) is 4.57. The second kappa shape index (κ2) is 7.17. The molecule has 0 amide bonds. The first-order valence-electron chi connectivity index (χ1n) is 9.47. The first-order valence-corrected chi connectivity index (χ1v) is 9.47. The zero-order valence-electron chi connectivity index (χ0n) is 15.5. The van der Waals surface area contributed by atoms with Crippen molar-refractivity contribution in [3.63, 3.8) is 0 Å². The molecule has 0 radical (unpaired) electrons. The van der Waals surface area contributed by atoms with Crippen molar-refractivity contribution in [2.75, 3.05) is 11.4 Å². The van der Waals surface area contributed by atoms with Gasteiger partial charge in [0.1, 0.15) is 6.54 Å². The smallest absolute Gasteiger partial charge is 0.212 e. The first kappa shape index (κ1) is 16.6. The Balaban J connectivity index is 1.69. The quantitative estimate of drug-likeness (QED) is 0.597. The number of nitrogens with zero attached hydrogens (tertiary/aromatic N) is 2. The second-order valence-corrected chi connectivity index (χ2v) is 6.60. The van der Waals surface area contributed by atoms with Crippen molar-refractivity contribution in [1.29, 1.82) is 0 Å². The minimum absolute atomic E-state index is 0.928. The molecule has 2 heteroatoms. The highest BCUT2D eigenvalue weighted by atomic mass is 15.1. The fourth-order valence-electron chi connectivity index (χ4n) is 3.88. The van der Waals surface area contributed by atoms with E-state index in [0.29, 0.717) is 0 Å². The topological polar surface area (TPSA) is 7.12 Å². The Morgan fingerprint density at radius 2 is 1.69 bits per heavy atom. The van der Waals surface area contributed by atoms with Crippen molar-refractivity contribution in [3.8, 4) is 0 Å². The summed E-state index contributed by atoms with van der Waals surface area (Å²) in [5.74, 6) is 0. The lowest BCUT2D eigenvalue weighted by Crippen LogP contribution is -2.38. The summed E-state index contributed by atoms with van der Waals surface area (Å²) < 4.78 is 2.42. The molecular formula is C24H25N2+. The molecule has 0 bridgehead atoms. The van der Waals surface area contributed by atoms with Crippen molar-refractivity contribution >= 4 is 22.7 Å². The fraction of sp³-hybridized carbons (Fsp3) is 0.208. The van der Waals surface area contributed by atoms with E-state index in [4.69, 9.17) is 0 Å². The molecule has 1 aliphatic rings. The molecule has 0 N–H and O–H groups in total. The molecule has 2 aromatic carbocycles. The average Bonchev–Trinajstić information content (AvgIpc) is 2.71. The Morgan fingerprint density at radius 3 is 2.54 bits per heavy atom. The Hall–Kier alpha value is -2.87. The lowest BCUT2D eigenvalue weighted by Gasteiger charge is -2.29. The minimum Gasteiger partial charge on any atom is -0.342 e. The molecule has 2 nitrogen and oxygen atoms in total. The number of benzene rings is 2. The molecule has 3 aromatic rings. The SMILES string of the molecule is CCN1/C(=C\Cc2ccc3ccccc3[n+]2CC)C=Cc2ccccc21. The van der Waals surface area contributed by atoms with Crippen LogP contribution in [0.3, 0.4) is 0 Å². The van der Waals surface area contributed by atoms with Gasteiger partial charge in [0.25, 0.3) is 0 Å². The number of fused-ring (bicyclic) bond motifs is 2. The molecule has 0 spiro atoms. The van der Waals surface area contributed by atoms with Crippen LogP contribution in [0.15, 0.2) is 78.5 Å². The molecule has 0 fully saturated rings. The summed E-state index contributed by atoms with van der Waals surface area (Å²) in [6, 6.07) is 21.7. The number of anilines is 1.